The van der Waals surface area contributed by atoms with Crippen molar-refractivity contribution >= 4 is 5.91 Å². The minimum atomic E-state index is 0.130. The van der Waals surface area contributed by atoms with Crippen LogP contribution in [0.5, 0.6) is 5.75 Å². The van der Waals surface area contributed by atoms with Crippen LogP contribution >= 0.6 is 0 Å². The van der Waals surface area contributed by atoms with Crippen LogP contribution < -0.4 is 4.74 Å². The summed E-state index contributed by atoms with van der Waals surface area (Å²) in [5.74, 6) is 0.921. The van der Waals surface area contributed by atoms with Gasteiger partial charge in [0.1, 0.15) is 5.75 Å². The summed E-state index contributed by atoms with van der Waals surface area (Å²) in [6, 6.07) is 7.59. The van der Waals surface area contributed by atoms with Gasteiger partial charge in [0, 0.05) is 13.6 Å². The number of carbonyl (C=O) groups excluding carboxylic acids is 1. The summed E-state index contributed by atoms with van der Waals surface area (Å²) in [5.41, 5.74) is 0.986. The first kappa shape index (κ1) is 11.6. The Morgan fingerprint density at radius 3 is 2.80 bits per heavy atom. The molecule has 82 valence electrons. The Hall–Kier alpha value is -1.51. The number of methoxy groups -OCH3 is 1. The van der Waals surface area contributed by atoms with Crippen molar-refractivity contribution in [1.29, 1.82) is 0 Å². The molecule has 0 spiro atoms. The van der Waals surface area contributed by atoms with Gasteiger partial charge in [-0.25, -0.2) is 0 Å². The molecule has 0 bridgehead atoms. The summed E-state index contributed by atoms with van der Waals surface area (Å²) in [5, 5.41) is 0. The molecule has 1 aromatic carbocycles. The first-order valence-corrected chi connectivity index (χ1v) is 5.04. The molecule has 1 rings (SSSR count). The molecule has 0 radical (unpaired) electrons. The Bertz CT molecular complexity index is 336. The monoisotopic (exact) mass is 207 g/mol. The average molecular weight is 207 g/mol. The van der Waals surface area contributed by atoms with Gasteiger partial charge in [0.15, 0.2) is 0 Å². The molecule has 0 saturated heterocycles. The lowest BCUT2D eigenvalue weighted by molar-refractivity contribution is -0.128. The van der Waals surface area contributed by atoms with Gasteiger partial charge in [0.2, 0.25) is 5.91 Å². The van der Waals surface area contributed by atoms with Gasteiger partial charge in [0.25, 0.3) is 0 Å². The number of hydrogen-bond acceptors (Lipinski definition) is 2. The number of nitrogens with zero attached hydrogens (tertiary/aromatic N) is 1. The third-order valence-electron chi connectivity index (χ3n) is 2.39. The molecule has 3 nitrogen and oxygen atoms in total. The Morgan fingerprint density at radius 1 is 1.47 bits per heavy atom. The topological polar surface area (TPSA) is 29.5 Å². The maximum atomic E-state index is 11.6. The van der Waals surface area contributed by atoms with Crippen LogP contribution in [0.3, 0.4) is 0 Å². The van der Waals surface area contributed by atoms with E-state index in [4.69, 9.17) is 4.74 Å². The van der Waals surface area contributed by atoms with Gasteiger partial charge in [-0.1, -0.05) is 12.1 Å². The number of hydrogen-bond donors (Lipinski definition) is 0. The van der Waals surface area contributed by atoms with Gasteiger partial charge in [-0.2, -0.15) is 0 Å². The second kappa shape index (κ2) is 5.39. The van der Waals surface area contributed by atoms with E-state index in [1.807, 2.05) is 38.2 Å². The fourth-order valence-corrected chi connectivity index (χ4v) is 1.27. The van der Waals surface area contributed by atoms with Crippen molar-refractivity contribution < 1.29 is 9.53 Å². The second-order valence-electron chi connectivity index (χ2n) is 3.44. The van der Waals surface area contributed by atoms with E-state index in [1.54, 1.807) is 12.0 Å². The van der Waals surface area contributed by atoms with E-state index in [-0.39, 0.29) is 5.91 Å². The molecular weight excluding hydrogens is 190 g/mol. The molecule has 3 heteroatoms. The molecule has 1 aromatic rings. The molecule has 0 fully saturated rings. The summed E-state index contributed by atoms with van der Waals surface area (Å²) < 4.78 is 5.10. The Morgan fingerprint density at radius 2 is 2.20 bits per heavy atom. The third-order valence-corrected chi connectivity index (χ3v) is 2.39. The van der Waals surface area contributed by atoms with Crippen molar-refractivity contribution in [2.24, 2.45) is 0 Å². The average Bonchev–Trinajstić information content (AvgIpc) is 2.28. The summed E-state index contributed by atoms with van der Waals surface area (Å²) >= 11 is 0. The molecule has 0 unspecified atom stereocenters. The van der Waals surface area contributed by atoms with Gasteiger partial charge >= 0.3 is 0 Å². The Balaban J connectivity index is 2.68. The second-order valence-corrected chi connectivity index (χ2v) is 3.44. The van der Waals surface area contributed by atoms with Gasteiger partial charge in [-0.15, -0.1) is 0 Å². The summed E-state index contributed by atoms with van der Waals surface area (Å²) in [6.07, 6.45) is 0.432. The quantitative estimate of drug-likeness (QED) is 0.752. The smallest absolute Gasteiger partial charge is 0.226 e. The highest BCUT2D eigenvalue weighted by Crippen LogP contribution is 2.13. The van der Waals surface area contributed by atoms with Crippen LogP contribution in [0.25, 0.3) is 0 Å². The van der Waals surface area contributed by atoms with Crippen LogP contribution in [0.2, 0.25) is 0 Å². The molecule has 0 aliphatic rings. The lowest BCUT2D eigenvalue weighted by Crippen LogP contribution is -2.27. The van der Waals surface area contributed by atoms with Crippen LogP contribution in [0.4, 0.5) is 0 Å². The molecule has 15 heavy (non-hydrogen) atoms. The molecule has 0 saturated carbocycles. The number of ether oxygens (including phenoxy) is 1. The Labute approximate surface area is 90.7 Å². The molecule has 0 heterocycles. The summed E-state index contributed by atoms with van der Waals surface area (Å²) in [6.45, 7) is 2.70. The molecule has 0 aromatic heterocycles. The van der Waals surface area contributed by atoms with Gasteiger partial charge in [-0.05, 0) is 24.6 Å². The van der Waals surface area contributed by atoms with E-state index in [0.29, 0.717) is 6.42 Å². The predicted molar refractivity (Wildman–Crippen MR) is 60.0 cm³/mol. The highest BCUT2D eigenvalue weighted by atomic mass is 16.5. The Kier molecular flexibility index (Phi) is 4.16. The summed E-state index contributed by atoms with van der Waals surface area (Å²) in [4.78, 5) is 13.3. The van der Waals surface area contributed by atoms with E-state index in [1.165, 1.54) is 0 Å². The number of rotatable bonds is 4. The van der Waals surface area contributed by atoms with Crippen LogP contribution in [0.1, 0.15) is 12.5 Å². The minimum Gasteiger partial charge on any atom is -0.497 e. The largest absolute Gasteiger partial charge is 0.497 e. The number of benzene rings is 1. The molecule has 0 N–H and O–H groups in total. The van der Waals surface area contributed by atoms with Crippen LogP contribution in [0, 0.1) is 0 Å². The van der Waals surface area contributed by atoms with Crippen LogP contribution in [-0.2, 0) is 11.2 Å². The number of likely N-dealkylation sites (N-methyl/N-ethyl adjacent to an activating group) is 1. The van der Waals surface area contributed by atoms with Gasteiger partial charge in [0.05, 0.1) is 13.5 Å². The standard InChI is InChI=1S/C12H17NO2/c1-4-13(2)12(14)9-10-6-5-7-11(8-10)15-3/h5-8H,4,9H2,1-3H3. The molecule has 1 amide bonds. The van der Waals surface area contributed by atoms with Gasteiger partial charge < -0.3 is 9.64 Å². The lowest BCUT2D eigenvalue weighted by atomic mass is 10.1. The lowest BCUT2D eigenvalue weighted by Gasteiger charge is -2.14. The number of carbonyl (C=O) groups is 1. The fourth-order valence-electron chi connectivity index (χ4n) is 1.27. The van der Waals surface area contributed by atoms with Crippen molar-refractivity contribution in [2.75, 3.05) is 20.7 Å². The van der Waals surface area contributed by atoms with E-state index >= 15 is 0 Å². The maximum absolute atomic E-state index is 11.6. The molecule has 0 aliphatic heterocycles. The SMILES string of the molecule is CCN(C)C(=O)Cc1cccc(OC)c1. The zero-order valence-corrected chi connectivity index (χ0v) is 9.49. The molecular formula is C12H17NO2. The third kappa shape index (κ3) is 3.27. The van der Waals surface area contributed by atoms with Crippen molar-refractivity contribution in [3.8, 4) is 5.75 Å². The normalized spacial score (nSPS) is 9.80. The van der Waals surface area contributed by atoms with Crippen molar-refractivity contribution in [1.82, 2.24) is 4.90 Å². The van der Waals surface area contributed by atoms with E-state index < -0.39 is 0 Å². The first-order valence-electron chi connectivity index (χ1n) is 5.04. The van der Waals surface area contributed by atoms with Crippen LogP contribution in [-0.4, -0.2) is 31.5 Å². The van der Waals surface area contributed by atoms with E-state index in [0.717, 1.165) is 17.9 Å². The van der Waals surface area contributed by atoms with Crippen molar-refractivity contribution in [3.05, 3.63) is 29.8 Å². The highest BCUT2D eigenvalue weighted by molar-refractivity contribution is 5.78. The minimum absolute atomic E-state index is 0.130. The highest BCUT2D eigenvalue weighted by Gasteiger charge is 2.07. The zero-order valence-electron chi connectivity index (χ0n) is 9.49. The number of amides is 1. The van der Waals surface area contributed by atoms with Crippen LogP contribution in [0.15, 0.2) is 24.3 Å². The first-order chi connectivity index (χ1) is 7.17. The zero-order chi connectivity index (χ0) is 11.3. The fraction of sp³-hybridized carbons (Fsp3) is 0.417. The maximum Gasteiger partial charge on any atom is 0.226 e. The van der Waals surface area contributed by atoms with Gasteiger partial charge in [-0.3, -0.25) is 4.79 Å². The molecule has 0 atom stereocenters. The van der Waals surface area contributed by atoms with E-state index in [9.17, 15) is 4.79 Å². The van der Waals surface area contributed by atoms with Crippen molar-refractivity contribution in [2.45, 2.75) is 13.3 Å². The van der Waals surface area contributed by atoms with Crippen molar-refractivity contribution in [3.63, 3.8) is 0 Å². The predicted octanol–water partition coefficient (Wildman–Crippen LogP) is 1.72. The molecule has 0 aliphatic carbocycles. The van der Waals surface area contributed by atoms with E-state index in [2.05, 4.69) is 0 Å². The summed E-state index contributed by atoms with van der Waals surface area (Å²) in [7, 11) is 3.43.